The molecule has 0 saturated carbocycles. The standard InChI is InChI=1S/C27H36N4OS/c1-5-30-16-13-22-24(18-30)33-26(31-14-6-7-15-31)25(22)23(12-11-19(2)3)29-27(32)28-21-10-8-9-20(4)17-21/h6-10,14-15,17,19,23H,5,11-13,16,18H2,1-4H3,(H2,28,29,32). The number of aryl methyl sites for hydroxylation is 1. The zero-order chi connectivity index (χ0) is 23.4. The first-order valence-electron chi connectivity index (χ1n) is 12.1. The van der Waals surface area contributed by atoms with Gasteiger partial charge in [-0.25, -0.2) is 4.79 Å². The van der Waals surface area contributed by atoms with Gasteiger partial charge in [0.1, 0.15) is 5.00 Å². The minimum absolute atomic E-state index is 0.0252. The van der Waals surface area contributed by atoms with Crippen LogP contribution in [0.5, 0.6) is 0 Å². The lowest BCUT2D eigenvalue weighted by Crippen LogP contribution is -2.35. The predicted octanol–water partition coefficient (Wildman–Crippen LogP) is 6.52. The lowest BCUT2D eigenvalue weighted by atomic mass is 9.92. The van der Waals surface area contributed by atoms with E-state index in [1.165, 1.54) is 21.0 Å². The summed E-state index contributed by atoms with van der Waals surface area (Å²) in [7, 11) is 0. The Morgan fingerprint density at radius 2 is 1.94 bits per heavy atom. The lowest BCUT2D eigenvalue weighted by molar-refractivity contribution is 0.246. The van der Waals surface area contributed by atoms with E-state index in [9.17, 15) is 4.79 Å². The molecule has 3 heterocycles. The van der Waals surface area contributed by atoms with Crippen molar-refractivity contribution in [2.45, 2.75) is 59.5 Å². The Hall–Kier alpha value is -2.57. The van der Waals surface area contributed by atoms with Gasteiger partial charge in [0.25, 0.3) is 0 Å². The van der Waals surface area contributed by atoms with Gasteiger partial charge in [0.2, 0.25) is 0 Å². The number of anilines is 1. The Morgan fingerprint density at radius 3 is 2.64 bits per heavy atom. The number of thiophene rings is 1. The molecule has 0 aliphatic carbocycles. The molecule has 5 nitrogen and oxygen atoms in total. The third kappa shape index (κ3) is 5.68. The Bertz CT molecular complexity index is 1070. The summed E-state index contributed by atoms with van der Waals surface area (Å²) >= 11 is 1.88. The Kier molecular flexibility index (Phi) is 7.56. The average molecular weight is 465 g/mol. The van der Waals surface area contributed by atoms with E-state index in [1.54, 1.807) is 0 Å². The van der Waals surface area contributed by atoms with Gasteiger partial charge in [0.05, 0.1) is 6.04 Å². The van der Waals surface area contributed by atoms with Gasteiger partial charge in [0.15, 0.2) is 0 Å². The highest BCUT2D eigenvalue weighted by Crippen LogP contribution is 2.41. The quantitative estimate of drug-likeness (QED) is 0.398. The molecule has 1 aromatic carbocycles. The molecule has 2 N–H and O–H groups in total. The van der Waals surface area contributed by atoms with E-state index in [-0.39, 0.29) is 12.1 Å². The highest BCUT2D eigenvalue weighted by Gasteiger charge is 2.30. The van der Waals surface area contributed by atoms with Gasteiger partial charge in [-0.2, -0.15) is 0 Å². The van der Waals surface area contributed by atoms with Crippen molar-refractivity contribution in [1.29, 1.82) is 0 Å². The summed E-state index contributed by atoms with van der Waals surface area (Å²) in [5.41, 5.74) is 4.71. The summed E-state index contributed by atoms with van der Waals surface area (Å²) in [6, 6.07) is 11.9. The maximum Gasteiger partial charge on any atom is 0.319 e. The normalized spacial score (nSPS) is 14.8. The summed E-state index contributed by atoms with van der Waals surface area (Å²) in [5, 5.41) is 7.64. The van der Waals surface area contributed by atoms with Crippen molar-refractivity contribution < 1.29 is 4.79 Å². The Balaban J connectivity index is 1.67. The fourth-order valence-electron chi connectivity index (χ4n) is 4.59. The molecule has 2 amide bonds. The van der Waals surface area contributed by atoms with Crippen LogP contribution in [0.1, 0.15) is 61.2 Å². The molecule has 0 radical (unpaired) electrons. The number of nitrogens with zero attached hydrogens (tertiary/aromatic N) is 2. The Labute approximate surface area is 201 Å². The van der Waals surface area contributed by atoms with Gasteiger partial charge in [-0.3, -0.25) is 4.90 Å². The van der Waals surface area contributed by atoms with Crippen molar-refractivity contribution in [3.05, 3.63) is 70.4 Å². The maximum absolute atomic E-state index is 13.1. The minimum atomic E-state index is -0.140. The van der Waals surface area contributed by atoms with E-state index in [1.807, 2.05) is 42.5 Å². The van der Waals surface area contributed by atoms with Crippen LogP contribution < -0.4 is 10.6 Å². The predicted molar refractivity (Wildman–Crippen MR) is 138 cm³/mol. The van der Waals surface area contributed by atoms with Crippen LogP contribution in [0, 0.1) is 12.8 Å². The molecule has 4 rings (SSSR count). The molecule has 3 aromatic rings. The topological polar surface area (TPSA) is 49.3 Å². The number of amides is 2. The van der Waals surface area contributed by atoms with E-state index in [4.69, 9.17) is 0 Å². The number of aromatic nitrogens is 1. The zero-order valence-electron chi connectivity index (χ0n) is 20.2. The fraction of sp³-hybridized carbons (Fsp3) is 0.444. The van der Waals surface area contributed by atoms with E-state index in [0.717, 1.165) is 50.1 Å². The van der Waals surface area contributed by atoms with Crippen molar-refractivity contribution >= 4 is 23.1 Å². The summed E-state index contributed by atoms with van der Waals surface area (Å²) < 4.78 is 2.22. The highest BCUT2D eigenvalue weighted by atomic mass is 32.1. The van der Waals surface area contributed by atoms with Gasteiger partial charge in [-0.15, -0.1) is 11.3 Å². The van der Waals surface area contributed by atoms with Crippen LogP contribution in [0.4, 0.5) is 10.5 Å². The Morgan fingerprint density at radius 1 is 1.15 bits per heavy atom. The average Bonchev–Trinajstić information content (AvgIpc) is 3.43. The molecule has 6 heteroatoms. The van der Waals surface area contributed by atoms with Crippen molar-refractivity contribution in [3.8, 4) is 5.00 Å². The molecule has 1 unspecified atom stereocenters. The molecule has 0 saturated heterocycles. The zero-order valence-corrected chi connectivity index (χ0v) is 21.0. The van der Waals surface area contributed by atoms with Crippen LogP contribution in [0.25, 0.3) is 5.00 Å². The molecule has 1 atom stereocenters. The van der Waals surface area contributed by atoms with Gasteiger partial charge in [-0.05, 0) is 74.0 Å². The van der Waals surface area contributed by atoms with E-state index >= 15 is 0 Å². The highest BCUT2D eigenvalue weighted by molar-refractivity contribution is 7.15. The second-order valence-corrected chi connectivity index (χ2v) is 10.5. The second-order valence-electron chi connectivity index (χ2n) is 9.42. The van der Waals surface area contributed by atoms with Crippen molar-refractivity contribution in [2.24, 2.45) is 5.92 Å². The summed E-state index contributed by atoms with van der Waals surface area (Å²) in [6.45, 7) is 11.9. The number of fused-ring (bicyclic) bond motifs is 1. The van der Waals surface area contributed by atoms with Crippen molar-refractivity contribution in [1.82, 2.24) is 14.8 Å². The van der Waals surface area contributed by atoms with Gasteiger partial charge in [0, 0.05) is 41.6 Å². The number of nitrogens with one attached hydrogen (secondary N) is 2. The molecule has 176 valence electrons. The molecule has 2 aromatic heterocycles. The second kappa shape index (κ2) is 10.6. The molecule has 1 aliphatic rings. The number of hydrogen-bond donors (Lipinski definition) is 2. The maximum atomic E-state index is 13.1. The first kappa shape index (κ1) is 23.6. The van der Waals surface area contributed by atoms with Gasteiger partial charge < -0.3 is 15.2 Å². The molecule has 33 heavy (non-hydrogen) atoms. The monoisotopic (exact) mass is 464 g/mol. The molecule has 1 aliphatic heterocycles. The van der Waals surface area contributed by atoms with E-state index < -0.39 is 0 Å². The van der Waals surface area contributed by atoms with Crippen LogP contribution in [0.3, 0.4) is 0 Å². The summed E-state index contributed by atoms with van der Waals surface area (Å²) in [6.07, 6.45) is 7.26. The number of carbonyl (C=O) groups excluding carboxylic acids is 1. The summed E-state index contributed by atoms with van der Waals surface area (Å²) in [5.74, 6) is 0.578. The van der Waals surface area contributed by atoms with Crippen LogP contribution >= 0.6 is 11.3 Å². The summed E-state index contributed by atoms with van der Waals surface area (Å²) in [4.78, 5) is 17.0. The molecule has 0 fully saturated rings. The third-order valence-electron chi connectivity index (χ3n) is 6.41. The molecule has 0 bridgehead atoms. The van der Waals surface area contributed by atoms with Crippen LogP contribution in [-0.4, -0.2) is 28.6 Å². The van der Waals surface area contributed by atoms with Gasteiger partial charge in [-0.1, -0.05) is 32.9 Å². The van der Waals surface area contributed by atoms with E-state index in [2.05, 4.69) is 65.4 Å². The fourth-order valence-corrected chi connectivity index (χ4v) is 6.01. The first-order chi connectivity index (χ1) is 15.9. The van der Waals surface area contributed by atoms with Crippen molar-refractivity contribution in [2.75, 3.05) is 18.4 Å². The lowest BCUT2D eigenvalue weighted by Gasteiger charge is -2.28. The third-order valence-corrected chi connectivity index (χ3v) is 7.65. The number of hydrogen-bond acceptors (Lipinski definition) is 3. The number of rotatable bonds is 8. The van der Waals surface area contributed by atoms with Gasteiger partial charge >= 0.3 is 6.03 Å². The smallest absolute Gasteiger partial charge is 0.319 e. The SMILES string of the molecule is CCN1CCc2c(sc(-n3cccc3)c2C(CCC(C)C)NC(=O)Nc2cccc(C)c2)C1. The van der Waals surface area contributed by atoms with Crippen LogP contribution in [0.15, 0.2) is 48.8 Å². The largest absolute Gasteiger partial charge is 0.331 e. The molecule has 0 spiro atoms. The number of urea groups is 1. The number of likely N-dealkylation sites (N-methyl/N-ethyl adjacent to an activating group) is 1. The number of benzene rings is 1. The van der Waals surface area contributed by atoms with Crippen molar-refractivity contribution in [3.63, 3.8) is 0 Å². The number of carbonyl (C=O) groups is 1. The molecular weight excluding hydrogens is 428 g/mol. The minimum Gasteiger partial charge on any atom is -0.331 e. The van der Waals surface area contributed by atoms with Crippen LogP contribution in [0.2, 0.25) is 0 Å². The van der Waals surface area contributed by atoms with E-state index in [0.29, 0.717) is 5.92 Å². The molecular formula is C27H36N4OS. The first-order valence-corrected chi connectivity index (χ1v) is 12.9. The van der Waals surface area contributed by atoms with Crippen LogP contribution in [-0.2, 0) is 13.0 Å².